The molecule has 3 heteroatoms. The minimum Gasteiger partial charge on any atom is -0.148 e. The predicted octanol–water partition coefficient (Wildman–Crippen LogP) is 17.2. The lowest BCUT2D eigenvalue weighted by molar-refractivity contribution is 0.547. The molecule has 0 aliphatic rings. The van der Waals surface area contributed by atoms with Crippen LogP contribution in [0.4, 0.5) is 0 Å². The van der Waals surface area contributed by atoms with E-state index in [4.69, 9.17) is 0 Å². The fraction of sp³-hybridized carbons (Fsp3) is 0.500. The minimum atomic E-state index is 0.0931. The Morgan fingerprint density at radius 2 is 0.922 bits per heavy atom. The molecule has 0 bridgehead atoms. The van der Waals surface area contributed by atoms with Crippen LogP contribution in [0.1, 0.15) is 159 Å². The van der Waals surface area contributed by atoms with Crippen LogP contribution >= 0.6 is 34.0 Å². The van der Waals surface area contributed by atoms with Gasteiger partial charge in [0.15, 0.2) is 0 Å². The second-order valence-corrected chi connectivity index (χ2v) is 17.2. The molecule has 0 saturated heterocycles. The molecule has 4 rings (SSSR count). The van der Waals surface area contributed by atoms with E-state index in [2.05, 4.69) is 154 Å². The number of thiophene rings is 3. The van der Waals surface area contributed by atoms with Crippen molar-refractivity contribution in [2.45, 2.75) is 144 Å². The number of allylic oxidation sites excluding steroid dienone is 1. The van der Waals surface area contributed by atoms with Gasteiger partial charge in [0.05, 0.1) is 4.88 Å². The standard InChI is InChI=1S/C12H14.C10H14S.C10H12S.C8H12S.4C2H6/c1-12(2,3)10-9-11-7-5-4-6-8-11;2*1-10(2,3)7-6-9-5-4-8-11-9;1-8(2,3)7-5-4-6-9-7;4*1-2/h4-8H,1-3H3;4-8H,1-3H3;4-5,8H,1-3H3;4-6H,1-3H3;4*1-2H3/b;7-6+;;;;;;. The van der Waals surface area contributed by atoms with Gasteiger partial charge >= 0.3 is 0 Å². The van der Waals surface area contributed by atoms with E-state index < -0.39 is 0 Å². The molecule has 3 aromatic heterocycles. The van der Waals surface area contributed by atoms with Crippen molar-refractivity contribution in [3.8, 4) is 23.7 Å². The fourth-order valence-electron chi connectivity index (χ4n) is 2.80. The van der Waals surface area contributed by atoms with Gasteiger partial charge in [-0.3, -0.25) is 0 Å². The van der Waals surface area contributed by atoms with Gasteiger partial charge < -0.3 is 0 Å². The monoisotopic (exact) mass is 749 g/mol. The molecule has 1 aromatic carbocycles. The summed E-state index contributed by atoms with van der Waals surface area (Å²) in [5, 5.41) is 6.27. The first-order chi connectivity index (χ1) is 23.8. The number of hydrogen-bond donors (Lipinski definition) is 0. The molecular formula is C48H76S3. The summed E-state index contributed by atoms with van der Waals surface area (Å²) < 4.78 is 0. The third kappa shape index (κ3) is 38.2. The van der Waals surface area contributed by atoms with Gasteiger partial charge in [0.2, 0.25) is 0 Å². The second kappa shape index (κ2) is 31.9. The van der Waals surface area contributed by atoms with Gasteiger partial charge in [-0.25, -0.2) is 0 Å². The highest BCUT2D eigenvalue weighted by molar-refractivity contribution is 7.11. The van der Waals surface area contributed by atoms with Crippen molar-refractivity contribution >= 4 is 40.1 Å². The summed E-state index contributed by atoms with van der Waals surface area (Å²) in [5.41, 5.74) is 1.94. The van der Waals surface area contributed by atoms with Gasteiger partial charge in [-0.2, -0.15) is 0 Å². The number of hydrogen-bond acceptors (Lipinski definition) is 3. The smallest absolute Gasteiger partial charge is 0.0768 e. The Bertz CT molecular complexity index is 1400. The third-order valence-corrected chi connectivity index (χ3v) is 7.91. The Kier molecular flexibility index (Phi) is 34.3. The van der Waals surface area contributed by atoms with Crippen molar-refractivity contribution in [2.24, 2.45) is 16.2 Å². The largest absolute Gasteiger partial charge is 0.148 e. The summed E-state index contributed by atoms with van der Waals surface area (Å²) >= 11 is 5.30. The molecule has 0 nitrogen and oxygen atoms in total. The lowest BCUT2D eigenvalue weighted by Gasteiger charge is -2.14. The predicted molar refractivity (Wildman–Crippen MR) is 245 cm³/mol. The molecule has 0 aliphatic heterocycles. The molecule has 0 fully saturated rings. The molecule has 0 aliphatic carbocycles. The maximum atomic E-state index is 3.19. The summed E-state index contributed by atoms with van der Waals surface area (Å²) in [5.74, 6) is 12.6. The Morgan fingerprint density at radius 3 is 1.27 bits per heavy atom. The van der Waals surface area contributed by atoms with E-state index in [1.807, 2.05) is 115 Å². The van der Waals surface area contributed by atoms with Crippen LogP contribution < -0.4 is 0 Å². The van der Waals surface area contributed by atoms with Gasteiger partial charge in [-0.1, -0.05) is 163 Å². The van der Waals surface area contributed by atoms with Crippen LogP contribution in [0.25, 0.3) is 6.08 Å². The van der Waals surface area contributed by atoms with Gasteiger partial charge in [-0.05, 0) is 105 Å². The summed E-state index contributed by atoms with van der Waals surface area (Å²) in [6.45, 7) is 42.0. The Hall–Kier alpha value is -2.82. The molecule has 0 amide bonds. The van der Waals surface area contributed by atoms with Crippen LogP contribution in [-0.2, 0) is 5.41 Å². The van der Waals surface area contributed by atoms with Crippen LogP contribution in [0, 0.1) is 39.9 Å². The average Bonchev–Trinajstić information content (AvgIpc) is 3.91. The van der Waals surface area contributed by atoms with E-state index in [9.17, 15) is 0 Å². The van der Waals surface area contributed by atoms with Crippen molar-refractivity contribution in [1.29, 1.82) is 0 Å². The average molecular weight is 749 g/mol. The Labute approximate surface area is 331 Å². The highest BCUT2D eigenvalue weighted by Gasteiger charge is 2.13. The van der Waals surface area contributed by atoms with E-state index in [1.54, 1.807) is 22.7 Å². The lowest BCUT2D eigenvalue weighted by Crippen LogP contribution is -2.07. The maximum Gasteiger partial charge on any atom is 0.0768 e. The molecule has 0 N–H and O–H groups in total. The fourth-order valence-corrected chi connectivity index (χ4v) is 4.81. The molecule has 0 saturated carbocycles. The highest BCUT2D eigenvalue weighted by Crippen LogP contribution is 2.26. The van der Waals surface area contributed by atoms with Crippen LogP contribution in [0.2, 0.25) is 0 Å². The van der Waals surface area contributed by atoms with Gasteiger partial charge in [0.25, 0.3) is 0 Å². The molecule has 3 heterocycles. The molecule has 4 aromatic rings. The van der Waals surface area contributed by atoms with Crippen molar-refractivity contribution < 1.29 is 0 Å². The van der Waals surface area contributed by atoms with Crippen LogP contribution in [-0.4, -0.2) is 0 Å². The number of rotatable bonds is 1. The van der Waals surface area contributed by atoms with Crippen LogP contribution in [0.15, 0.2) is 88.9 Å². The van der Waals surface area contributed by atoms with Crippen molar-refractivity contribution in [2.75, 3.05) is 0 Å². The zero-order valence-electron chi connectivity index (χ0n) is 36.5. The van der Waals surface area contributed by atoms with Crippen LogP contribution in [0.5, 0.6) is 0 Å². The number of benzene rings is 1. The molecule has 51 heavy (non-hydrogen) atoms. The van der Waals surface area contributed by atoms with E-state index >= 15 is 0 Å². The molecule has 0 radical (unpaired) electrons. The lowest BCUT2D eigenvalue weighted by atomic mass is 9.95. The topological polar surface area (TPSA) is 0 Å². The third-order valence-electron chi connectivity index (χ3n) is 4.99. The Balaban J connectivity index is -0.000000271. The van der Waals surface area contributed by atoms with Crippen molar-refractivity contribution in [1.82, 2.24) is 0 Å². The summed E-state index contributed by atoms with van der Waals surface area (Å²) in [4.78, 5) is 3.95. The maximum absolute atomic E-state index is 3.19. The zero-order valence-corrected chi connectivity index (χ0v) is 38.9. The van der Waals surface area contributed by atoms with E-state index in [1.165, 1.54) is 9.75 Å². The normalized spacial score (nSPS) is 9.96. The zero-order chi connectivity index (χ0) is 40.6. The molecule has 286 valence electrons. The van der Waals surface area contributed by atoms with Gasteiger partial charge in [0, 0.05) is 26.1 Å². The first-order valence-electron chi connectivity index (χ1n) is 18.8. The first kappa shape index (κ1) is 54.9. The molecule has 0 unspecified atom stereocenters. The van der Waals surface area contributed by atoms with Crippen molar-refractivity contribution in [3.63, 3.8) is 0 Å². The Morgan fingerprint density at radius 1 is 0.471 bits per heavy atom. The summed E-state index contributed by atoms with van der Waals surface area (Å²) in [6.07, 6.45) is 4.42. The first-order valence-corrected chi connectivity index (χ1v) is 21.4. The SMILES string of the molecule is CC.CC.CC.CC.CC(C)(C)/C=C/c1cccs1.CC(C)(C)C#Cc1ccccc1.CC(C)(C)C#Cc1cccs1.CC(C)(C)c1cccs1. The van der Waals surface area contributed by atoms with E-state index in [0.29, 0.717) is 10.8 Å². The van der Waals surface area contributed by atoms with Crippen molar-refractivity contribution in [3.05, 3.63) is 109 Å². The second-order valence-electron chi connectivity index (χ2n) is 14.3. The molecular weight excluding hydrogens is 673 g/mol. The van der Waals surface area contributed by atoms with Gasteiger partial charge in [-0.15, -0.1) is 34.0 Å². The quantitative estimate of drug-likeness (QED) is 0.170. The molecule has 0 spiro atoms. The minimum absolute atomic E-state index is 0.0931. The summed E-state index contributed by atoms with van der Waals surface area (Å²) in [6, 6.07) is 22.6. The van der Waals surface area contributed by atoms with E-state index in [-0.39, 0.29) is 10.8 Å². The molecule has 0 atom stereocenters. The highest BCUT2D eigenvalue weighted by atomic mass is 32.1. The summed E-state index contributed by atoms with van der Waals surface area (Å²) in [7, 11) is 0. The van der Waals surface area contributed by atoms with E-state index in [0.717, 1.165) is 10.4 Å². The van der Waals surface area contributed by atoms with Crippen LogP contribution in [0.3, 0.4) is 0 Å². The van der Waals surface area contributed by atoms with Gasteiger partial charge in [0.1, 0.15) is 0 Å².